The van der Waals surface area contributed by atoms with Crippen LogP contribution in [0.4, 0.5) is 17.6 Å². The Morgan fingerprint density at radius 2 is 2.00 bits per heavy atom. The van der Waals surface area contributed by atoms with E-state index >= 15 is 0 Å². The summed E-state index contributed by atoms with van der Waals surface area (Å²) in [7, 11) is 0. The number of benzene rings is 1. The first kappa shape index (κ1) is 14.8. The van der Waals surface area contributed by atoms with Gasteiger partial charge in [-0.2, -0.15) is 13.2 Å². The molecule has 7 heteroatoms. The van der Waals surface area contributed by atoms with Gasteiger partial charge in [-0.1, -0.05) is 17.7 Å². The standard InChI is InChI=1S/C11H9ClF4O2/c1-2-18-8(17)5-6-3-4-7(13)10(12)9(6)11(14,15)16/h3-4H,2,5H2,1H3. The molecule has 0 unspecified atom stereocenters. The molecule has 0 atom stereocenters. The van der Waals surface area contributed by atoms with Crippen molar-refractivity contribution in [3.05, 3.63) is 34.1 Å². The Hall–Kier alpha value is -1.30. The molecule has 0 heterocycles. The smallest absolute Gasteiger partial charge is 0.418 e. The van der Waals surface area contributed by atoms with Crippen LogP contribution in [0, 0.1) is 5.82 Å². The van der Waals surface area contributed by atoms with Gasteiger partial charge in [-0.3, -0.25) is 4.79 Å². The van der Waals surface area contributed by atoms with Gasteiger partial charge >= 0.3 is 12.1 Å². The summed E-state index contributed by atoms with van der Waals surface area (Å²) in [6.45, 7) is 1.58. The van der Waals surface area contributed by atoms with E-state index in [4.69, 9.17) is 11.6 Å². The molecular formula is C11H9ClF4O2. The SMILES string of the molecule is CCOC(=O)Cc1ccc(F)c(Cl)c1C(F)(F)F. The van der Waals surface area contributed by atoms with E-state index in [0.717, 1.165) is 12.1 Å². The van der Waals surface area contributed by atoms with Gasteiger partial charge in [-0.05, 0) is 18.6 Å². The molecule has 1 aromatic carbocycles. The number of hydrogen-bond acceptors (Lipinski definition) is 2. The Kier molecular flexibility index (Phi) is 4.56. The van der Waals surface area contributed by atoms with Gasteiger partial charge in [0.2, 0.25) is 0 Å². The van der Waals surface area contributed by atoms with E-state index in [9.17, 15) is 22.4 Å². The van der Waals surface area contributed by atoms with Crippen LogP contribution in [0.5, 0.6) is 0 Å². The third-order valence-corrected chi connectivity index (χ3v) is 2.47. The number of carbonyl (C=O) groups is 1. The maximum atomic E-state index is 13.0. The van der Waals surface area contributed by atoms with Gasteiger partial charge in [0.15, 0.2) is 0 Å². The summed E-state index contributed by atoms with van der Waals surface area (Å²) in [5.41, 5.74) is -1.75. The van der Waals surface area contributed by atoms with Crippen molar-refractivity contribution in [3.63, 3.8) is 0 Å². The highest BCUT2D eigenvalue weighted by molar-refractivity contribution is 6.31. The maximum absolute atomic E-state index is 13.0. The molecular weight excluding hydrogens is 276 g/mol. The molecule has 100 valence electrons. The van der Waals surface area contributed by atoms with Crippen molar-refractivity contribution in [2.75, 3.05) is 6.61 Å². The van der Waals surface area contributed by atoms with Crippen molar-refractivity contribution < 1.29 is 27.1 Å². The summed E-state index contributed by atoms with van der Waals surface area (Å²) in [5, 5.41) is -1.04. The van der Waals surface area contributed by atoms with E-state index in [2.05, 4.69) is 4.74 Å². The molecule has 0 spiro atoms. The predicted octanol–water partition coefficient (Wildman–Crippen LogP) is 3.60. The molecule has 0 saturated heterocycles. The number of esters is 1. The van der Waals surface area contributed by atoms with Crippen LogP contribution in [0.1, 0.15) is 18.1 Å². The maximum Gasteiger partial charge on any atom is 0.418 e. The molecule has 0 saturated carbocycles. The van der Waals surface area contributed by atoms with Crippen LogP contribution in [-0.4, -0.2) is 12.6 Å². The highest BCUT2D eigenvalue weighted by Crippen LogP contribution is 2.38. The summed E-state index contributed by atoms with van der Waals surface area (Å²) >= 11 is 5.30. The van der Waals surface area contributed by atoms with Crippen LogP contribution in [0.15, 0.2) is 12.1 Å². The fourth-order valence-corrected chi connectivity index (χ4v) is 1.70. The van der Waals surface area contributed by atoms with Crippen molar-refractivity contribution in [1.29, 1.82) is 0 Å². The van der Waals surface area contributed by atoms with Gasteiger partial charge < -0.3 is 4.74 Å². The van der Waals surface area contributed by atoms with E-state index < -0.39 is 40.5 Å². The molecule has 0 aromatic heterocycles. The van der Waals surface area contributed by atoms with Crippen LogP contribution < -0.4 is 0 Å². The number of alkyl halides is 3. The lowest BCUT2D eigenvalue weighted by atomic mass is 10.0. The topological polar surface area (TPSA) is 26.3 Å². The Bertz CT molecular complexity index is 457. The summed E-state index contributed by atoms with van der Waals surface area (Å²) in [6, 6.07) is 1.66. The molecule has 0 aliphatic carbocycles. The molecule has 18 heavy (non-hydrogen) atoms. The fourth-order valence-electron chi connectivity index (χ4n) is 1.41. The highest BCUT2D eigenvalue weighted by Gasteiger charge is 2.37. The second kappa shape index (κ2) is 5.56. The van der Waals surface area contributed by atoms with Crippen molar-refractivity contribution in [2.45, 2.75) is 19.5 Å². The minimum Gasteiger partial charge on any atom is -0.466 e. The molecule has 0 amide bonds. The van der Waals surface area contributed by atoms with Crippen molar-refractivity contribution in [2.24, 2.45) is 0 Å². The minimum atomic E-state index is -4.83. The van der Waals surface area contributed by atoms with E-state index in [1.54, 1.807) is 0 Å². The van der Waals surface area contributed by atoms with Gasteiger partial charge in [0.25, 0.3) is 0 Å². The summed E-state index contributed by atoms with van der Waals surface area (Å²) in [5.74, 6) is -2.01. The third-order valence-electron chi connectivity index (χ3n) is 2.10. The Labute approximate surface area is 105 Å². The van der Waals surface area contributed by atoms with Crippen LogP contribution >= 0.6 is 11.6 Å². The molecule has 0 fully saturated rings. The molecule has 0 bridgehead atoms. The lowest BCUT2D eigenvalue weighted by Crippen LogP contribution is -2.15. The number of ether oxygens (including phenoxy) is 1. The Morgan fingerprint density at radius 1 is 1.39 bits per heavy atom. The Morgan fingerprint density at radius 3 is 2.50 bits per heavy atom. The first-order valence-electron chi connectivity index (χ1n) is 4.97. The quantitative estimate of drug-likeness (QED) is 0.626. The van der Waals surface area contributed by atoms with Crippen LogP contribution in [0.3, 0.4) is 0 Å². The zero-order valence-electron chi connectivity index (χ0n) is 9.28. The lowest BCUT2D eigenvalue weighted by Gasteiger charge is -2.14. The molecule has 1 rings (SSSR count). The van der Waals surface area contributed by atoms with Crippen LogP contribution in [0.25, 0.3) is 0 Å². The molecule has 2 nitrogen and oxygen atoms in total. The summed E-state index contributed by atoms with van der Waals surface area (Å²) in [6.07, 6.45) is -5.44. The highest BCUT2D eigenvalue weighted by atomic mass is 35.5. The zero-order valence-corrected chi connectivity index (χ0v) is 10.0. The van der Waals surface area contributed by atoms with Crippen LogP contribution in [-0.2, 0) is 22.1 Å². The monoisotopic (exact) mass is 284 g/mol. The largest absolute Gasteiger partial charge is 0.466 e. The second-order valence-corrected chi connectivity index (χ2v) is 3.75. The molecule has 1 aromatic rings. The lowest BCUT2D eigenvalue weighted by molar-refractivity contribution is -0.143. The fraction of sp³-hybridized carbons (Fsp3) is 0.364. The van der Waals surface area contributed by atoms with Crippen molar-refractivity contribution in [3.8, 4) is 0 Å². The molecule has 0 aliphatic rings. The number of carbonyl (C=O) groups excluding carboxylic acids is 1. The third kappa shape index (κ3) is 3.35. The molecule has 0 N–H and O–H groups in total. The van der Waals surface area contributed by atoms with Crippen molar-refractivity contribution in [1.82, 2.24) is 0 Å². The van der Waals surface area contributed by atoms with Gasteiger partial charge in [-0.15, -0.1) is 0 Å². The minimum absolute atomic E-state index is 0.0507. The predicted molar refractivity (Wildman–Crippen MR) is 56.7 cm³/mol. The molecule has 0 aliphatic heterocycles. The summed E-state index contributed by atoms with van der Waals surface area (Å²) in [4.78, 5) is 11.2. The van der Waals surface area contributed by atoms with Crippen LogP contribution in [0.2, 0.25) is 5.02 Å². The first-order valence-corrected chi connectivity index (χ1v) is 5.34. The first-order chi connectivity index (χ1) is 8.27. The normalized spacial score (nSPS) is 11.4. The van der Waals surface area contributed by atoms with E-state index in [0.29, 0.717) is 0 Å². The average Bonchev–Trinajstić information content (AvgIpc) is 2.22. The summed E-state index contributed by atoms with van der Waals surface area (Å²) < 4.78 is 55.7. The van der Waals surface area contributed by atoms with Gasteiger partial charge in [0.05, 0.1) is 23.6 Å². The van der Waals surface area contributed by atoms with Gasteiger partial charge in [0.1, 0.15) is 5.82 Å². The average molecular weight is 285 g/mol. The van der Waals surface area contributed by atoms with E-state index in [1.165, 1.54) is 6.92 Å². The second-order valence-electron chi connectivity index (χ2n) is 3.38. The molecule has 0 radical (unpaired) electrons. The van der Waals surface area contributed by atoms with E-state index in [1.807, 2.05) is 0 Å². The van der Waals surface area contributed by atoms with E-state index in [-0.39, 0.29) is 6.61 Å². The number of rotatable bonds is 3. The Balaban J connectivity index is 3.20. The zero-order chi connectivity index (χ0) is 13.9. The van der Waals surface area contributed by atoms with Crippen molar-refractivity contribution >= 4 is 17.6 Å². The van der Waals surface area contributed by atoms with Gasteiger partial charge in [0, 0.05) is 0 Å². The number of hydrogen-bond donors (Lipinski definition) is 0. The number of halogens is 5. The van der Waals surface area contributed by atoms with Gasteiger partial charge in [-0.25, -0.2) is 4.39 Å².